The summed E-state index contributed by atoms with van der Waals surface area (Å²) in [5.74, 6) is -1.00. The fraction of sp³-hybridized carbons (Fsp3) is 0.541. The predicted molar refractivity (Wildman–Crippen MR) is 193 cm³/mol. The molecule has 2 unspecified atom stereocenters. The van der Waals surface area contributed by atoms with Crippen molar-refractivity contribution < 1.29 is 31.5 Å². The number of fused-ring (bicyclic) bond motifs is 1. The zero-order valence-corrected chi connectivity index (χ0v) is 32.9. The van der Waals surface area contributed by atoms with Crippen molar-refractivity contribution in [2.24, 2.45) is 5.41 Å². The molecule has 2 heterocycles. The largest absolute Gasteiger partial charge is 0.488 e. The van der Waals surface area contributed by atoms with Gasteiger partial charge in [-0.05, 0) is 87.1 Å². The molecule has 2 aromatic carbocycles. The van der Waals surface area contributed by atoms with Crippen molar-refractivity contribution in [1.82, 2.24) is 4.31 Å². The summed E-state index contributed by atoms with van der Waals surface area (Å²) in [5, 5.41) is -0.0445. The summed E-state index contributed by atoms with van der Waals surface area (Å²) in [6.07, 6.45) is 0.789. The van der Waals surface area contributed by atoms with E-state index in [2.05, 4.69) is 40.8 Å². The van der Waals surface area contributed by atoms with Gasteiger partial charge < -0.3 is 13.9 Å². The average molecular weight is 718 g/mol. The molecule has 1 aliphatic rings. The van der Waals surface area contributed by atoms with Gasteiger partial charge in [0.25, 0.3) is 0 Å². The lowest BCUT2D eigenvalue weighted by molar-refractivity contribution is -0.151. The fourth-order valence-corrected chi connectivity index (χ4v) is 10.5. The summed E-state index contributed by atoms with van der Waals surface area (Å²) in [4.78, 5) is 14.6. The molecule has 11 heteroatoms. The van der Waals surface area contributed by atoms with E-state index in [0.717, 1.165) is 23.1 Å². The molecule has 0 bridgehead atoms. The van der Waals surface area contributed by atoms with Crippen molar-refractivity contribution in [1.29, 1.82) is 0 Å². The molecule has 0 fully saturated rings. The van der Waals surface area contributed by atoms with E-state index in [9.17, 15) is 13.2 Å². The summed E-state index contributed by atoms with van der Waals surface area (Å²) in [5.41, 5.74) is 1.39. The maximum absolute atomic E-state index is 15.8. The first-order valence-corrected chi connectivity index (χ1v) is 21.8. The molecule has 4 rings (SSSR count). The number of methoxy groups -OCH3 is 1. The van der Waals surface area contributed by atoms with E-state index in [4.69, 9.17) is 13.9 Å². The Morgan fingerprint density at radius 2 is 1.79 bits per heavy atom. The minimum absolute atomic E-state index is 0.0445. The number of esters is 1. The molecule has 1 aliphatic heterocycles. The highest BCUT2D eigenvalue weighted by molar-refractivity contribution is 7.89. The molecule has 264 valence electrons. The van der Waals surface area contributed by atoms with Crippen LogP contribution in [0, 0.1) is 18.2 Å². The molecule has 0 spiro atoms. The predicted octanol–water partition coefficient (Wildman–Crippen LogP) is 9.36. The van der Waals surface area contributed by atoms with Crippen LogP contribution in [0.4, 0.5) is 4.39 Å². The second kappa shape index (κ2) is 14.3. The molecule has 0 aliphatic carbocycles. The second-order valence-electron chi connectivity index (χ2n) is 15.0. The van der Waals surface area contributed by atoms with Crippen LogP contribution < -0.4 is 4.74 Å². The van der Waals surface area contributed by atoms with Crippen molar-refractivity contribution in [2.75, 3.05) is 13.7 Å². The maximum Gasteiger partial charge on any atom is 0.312 e. The van der Waals surface area contributed by atoms with Gasteiger partial charge in [-0.3, -0.25) is 4.79 Å². The number of ether oxygens (including phenoxy) is 2. The van der Waals surface area contributed by atoms with Gasteiger partial charge in [-0.25, -0.2) is 12.8 Å². The van der Waals surface area contributed by atoms with E-state index < -0.39 is 41.7 Å². The zero-order valence-electron chi connectivity index (χ0n) is 30.3. The fourth-order valence-electron chi connectivity index (χ4n) is 6.11. The number of aryl methyl sites for hydroxylation is 1. The molecule has 0 radical (unpaired) electrons. The van der Waals surface area contributed by atoms with Crippen LogP contribution in [-0.4, -0.2) is 46.8 Å². The minimum Gasteiger partial charge on any atom is -0.488 e. The summed E-state index contributed by atoms with van der Waals surface area (Å²) < 4.78 is 63.4. The third-order valence-corrected chi connectivity index (χ3v) is 17.7. The van der Waals surface area contributed by atoms with Gasteiger partial charge in [-0.15, -0.1) is 11.3 Å². The molecular formula is C37H52FNO6S2Si. The third-order valence-electron chi connectivity index (χ3n) is 9.93. The van der Waals surface area contributed by atoms with Crippen LogP contribution in [0.15, 0.2) is 53.4 Å². The SMILES string of the molecule is CCC[C@@H]1CN(Cc2cc(C(c3cc(F)c(C(C)O[Si](C)(C)C(C)(C)C)s3)C(C)(C)C(=O)OC)ccc2C)S(=O)(=O)c2ccccc2O1. The zero-order chi connectivity index (χ0) is 35.8. The highest BCUT2D eigenvalue weighted by Gasteiger charge is 2.43. The molecule has 0 saturated carbocycles. The molecule has 3 aromatic rings. The van der Waals surface area contributed by atoms with E-state index in [-0.39, 0.29) is 34.9 Å². The number of carbonyl (C=O) groups is 1. The van der Waals surface area contributed by atoms with Gasteiger partial charge >= 0.3 is 5.97 Å². The normalized spacial score (nSPS) is 18.4. The number of para-hydroxylation sites is 1. The van der Waals surface area contributed by atoms with Crippen LogP contribution in [0.1, 0.15) is 99.8 Å². The van der Waals surface area contributed by atoms with Gasteiger partial charge in [0.15, 0.2) is 8.32 Å². The minimum atomic E-state index is -3.88. The summed E-state index contributed by atoms with van der Waals surface area (Å²) >= 11 is 1.31. The van der Waals surface area contributed by atoms with Crippen molar-refractivity contribution in [3.63, 3.8) is 0 Å². The van der Waals surface area contributed by atoms with Gasteiger partial charge in [0, 0.05) is 17.3 Å². The van der Waals surface area contributed by atoms with Gasteiger partial charge in [-0.1, -0.05) is 64.4 Å². The first-order valence-electron chi connectivity index (χ1n) is 16.6. The summed E-state index contributed by atoms with van der Waals surface area (Å²) in [6.45, 7) is 20.6. The highest BCUT2D eigenvalue weighted by Crippen LogP contribution is 2.48. The number of sulfonamides is 1. The van der Waals surface area contributed by atoms with Gasteiger partial charge in [0.05, 0.1) is 30.1 Å². The first kappa shape index (κ1) is 38.2. The number of rotatable bonds is 11. The number of hydrogen-bond donors (Lipinski definition) is 0. The molecule has 3 atom stereocenters. The number of carbonyl (C=O) groups excluding carboxylic acids is 1. The monoisotopic (exact) mass is 717 g/mol. The molecule has 48 heavy (non-hydrogen) atoms. The van der Waals surface area contributed by atoms with Crippen molar-refractivity contribution in [2.45, 2.75) is 116 Å². The Labute approximate surface area is 292 Å². The van der Waals surface area contributed by atoms with Crippen molar-refractivity contribution in [3.8, 4) is 5.75 Å². The summed E-state index contributed by atoms with van der Waals surface area (Å²) in [7, 11) is -4.72. The molecule has 1 aromatic heterocycles. The van der Waals surface area contributed by atoms with Gasteiger partial charge in [0.1, 0.15) is 22.6 Å². The van der Waals surface area contributed by atoms with E-state index in [1.807, 2.05) is 32.0 Å². The number of halogens is 1. The lowest BCUT2D eigenvalue weighted by Crippen LogP contribution is -2.41. The quantitative estimate of drug-likeness (QED) is 0.145. The molecule has 0 N–H and O–H groups in total. The van der Waals surface area contributed by atoms with E-state index in [1.54, 1.807) is 38.1 Å². The van der Waals surface area contributed by atoms with Crippen LogP contribution in [0.5, 0.6) is 5.75 Å². The first-order chi connectivity index (χ1) is 22.2. The number of hydrogen-bond acceptors (Lipinski definition) is 7. The van der Waals surface area contributed by atoms with Crippen LogP contribution in [0.2, 0.25) is 18.1 Å². The highest BCUT2D eigenvalue weighted by atomic mass is 32.2. The smallest absolute Gasteiger partial charge is 0.312 e. The lowest BCUT2D eigenvalue weighted by atomic mass is 9.73. The van der Waals surface area contributed by atoms with E-state index >= 15 is 4.39 Å². The second-order valence-corrected chi connectivity index (χ2v) is 22.8. The number of benzene rings is 2. The topological polar surface area (TPSA) is 82.1 Å². The van der Waals surface area contributed by atoms with Gasteiger partial charge in [-0.2, -0.15) is 4.31 Å². The molecular weight excluding hydrogens is 666 g/mol. The van der Waals surface area contributed by atoms with Crippen LogP contribution >= 0.6 is 11.3 Å². The van der Waals surface area contributed by atoms with E-state index in [0.29, 0.717) is 21.9 Å². The van der Waals surface area contributed by atoms with Crippen LogP contribution in [0.3, 0.4) is 0 Å². The molecule has 0 saturated heterocycles. The maximum atomic E-state index is 15.8. The Balaban J connectivity index is 1.79. The standard InChI is InChI=1S/C37H52FNO6S2Si/c1-12-15-28-23-39(47(41,42)32-17-14-13-16-30(32)44-28)22-27-20-26(19-18-24(27)2)33(37(7,8)35(40)43-9)31-21-29(38)34(46-31)25(3)45-48(10,11)36(4,5)6/h13-14,16-21,25,28,33H,12,15,22-23H2,1-11H3/t25?,28-,33?/m1/s1. The third kappa shape index (κ3) is 7.75. The van der Waals surface area contributed by atoms with Gasteiger partial charge in [0.2, 0.25) is 10.0 Å². The number of thiophene rings is 1. The lowest BCUT2D eigenvalue weighted by Gasteiger charge is -2.38. The van der Waals surface area contributed by atoms with Crippen molar-refractivity contribution in [3.05, 3.63) is 80.8 Å². The Hall–Kier alpha value is -2.57. The molecule has 0 amide bonds. The Morgan fingerprint density at radius 1 is 1.12 bits per heavy atom. The number of nitrogens with zero attached hydrogens (tertiary/aromatic N) is 1. The van der Waals surface area contributed by atoms with Crippen molar-refractivity contribution >= 4 is 35.6 Å². The Bertz CT molecular complexity index is 1730. The summed E-state index contributed by atoms with van der Waals surface area (Å²) in [6, 6.07) is 14.1. The van der Waals surface area contributed by atoms with Crippen LogP contribution in [0.25, 0.3) is 0 Å². The Morgan fingerprint density at radius 3 is 2.42 bits per heavy atom. The molecule has 7 nitrogen and oxygen atoms in total. The van der Waals surface area contributed by atoms with E-state index in [1.165, 1.54) is 28.8 Å². The average Bonchev–Trinajstić information content (AvgIpc) is 3.33. The van der Waals surface area contributed by atoms with Crippen LogP contribution in [-0.2, 0) is 30.5 Å². The Kier molecular flexibility index (Phi) is 11.4.